The Hall–Kier alpha value is -3.33. The number of nitrogens with one attached hydrogen (secondary N) is 1. The van der Waals surface area contributed by atoms with Crippen LogP contribution in [0.3, 0.4) is 0 Å². The molecule has 130 valence electrons. The Morgan fingerprint density at radius 3 is 3.04 bits per heavy atom. The second-order valence-electron chi connectivity index (χ2n) is 5.28. The Morgan fingerprint density at radius 1 is 1.31 bits per heavy atom. The molecule has 0 aliphatic rings. The average molecular weight is 366 g/mol. The smallest absolute Gasteiger partial charge is 0.257 e. The molecule has 0 aliphatic carbocycles. The highest BCUT2D eigenvalue weighted by atomic mass is 32.1. The zero-order chi connectivity index (χ0) is 17.9. The SMILES string of the molecule is CCOc1ccc2nc(NC(=O)c3ccnc(-n4cncn4)c3)sc2c1. The summed E-state index contributed by atoms with van der Waals surface area (Å²) < 4.78 is 7.93. The van der Waals surface area contributed by atoms with E-state index < -0.39 is 0 Å². The minimum atomic E-state index is -0.266. The molecule has 1 amide bonds. The van der Waals surface area contributed by atoms with Gasteiger partial charge in [-0.15, -0.1) is 0 Å². The van der Waals surface area contributed by atoms with E-state index in [0.717, 1.165) is 16.0 Å². The van der Waals surface area contributed by atoms with E-state index in [4.69, 9.17) is 4.74 Å². The predicted molar refractivity (Wildman–Crippen MR) is 97.9 cm³/mol. The third-order valence-electron chi connectivity index (χ3n) is 3.55. The lowest BCUT2D eigenvalue weighted by atomic mass is 10.2. The molecule has 1 N–H and O–H groups in total. The quantitative estimate of drug-likeness (QED) is 0.583. The number of pyridine rings is 1. The van der Waals surface area contributed by atoms with Crippen molar-refractivity contribution in [3.63, 3.8) is 0 Å². The molecule has 4 rings (SSSR count). The zero-order valence-electron chi connectivity index (χ0n) is 13.8. The number of ether oxygens (including phenoxy) is 1. The fourth-order valence-electron chi connectivity index (χ4n) is 2.40. The maximum absolute atomic E-state index is 12.5. The molecule has 0 saturated carbocycles. The number of fused-ring (bicyclic) bond motifs is 1. The first-order valence-electron chi connectivity index (χ1n) is 7.89. The maximum atomic E-state index is 12.5. The van der Waals surface area contributed by atoms with Gasteiger partial charge < -0.3 is 4.74 Å². The van der Waals surface area contributed by atoms with E-state index in [1.165, 1.54) is 28.7 Å². The Labute approximate surface area is 152 Å². The van der Waals surface area contributed by atoms with Crippen molar-refractivity contribution in [1.29, 1.82) is 0 Å². The van der Waals surface area contributed by atoms with Crippen LogP contribution in [0.5, 0.6) is 5.75 Å². The van der Waals surface area contributed by atoms with Gasteiger partial charge in [-0.25, -0.2) is 19.6 Å². The second kappa shape index (κ2) is 6.89. The average Bonchev–Trinajstić information content (AvgIpc) is 3.31. The van der Waals surface area contributed by atoms with Crippen LogP contribution < -0.4 is 10.1 Å². The summed E-state index contributed by atoms with van der Waals surface area (Å²) in [4.78, 5) is 25.0. The van der Waals surface area contributed by atoms with Crippen LogP contribution in [0, 0.1) is 0 Å². The molecule has 0 atom stereocenters. The number of thiazole rings is 1. The van der Waals surface area contributed by atoms with Crippen LogP contribution in [-0.4, -0.2) is 37.2 Å². The number of anilines is 1. The highest BCUT2D eigenvalue weighted by molar-refractivity contribution is 7.22. The van der Waals surface area contributed by atoms with E-state index in [0.29, 0.717) is 23.1 Å². The molecule has 0 aliphatic heterocycles. The lowest BCUT2D eigenvalue weighted by Gasteiger charge is -2.04. The molecular formula is C17H14N6O2S. The van der Waals surface area contributed by atoms with Gasteiger partial charge in [0.1, 0.15) is 18.4 Å². The molecule has 0 bridgehead atoms. The highest BCUT2D eigenvalue weighted by Crippen LogP contribution is 2.29. The maximum Gasteiger partial charge on any atom is 0.257 e. The number of hydrogen-bond acceptors (Lipinski definition) is 7. The van der Waals surface area contributed by atoms with Gasteiger partial charge in [-0.2, -0.15) is 5.10 Å². The van der Waals surface area contributed by atoms with Gasteiger partial charge in [0.05, 0.1) is 16.8 Å². The van der Waals surface area contributed by atoms with Gasteiger partial charge in [0.15, 0.2) is 10.9 Å². The molecule has 0 saturated heterocycles. The molecule has 3 heterocycles. The van der Waals surface area contributed by atoms with Gasteiger partial charge in [-0.1, -0.05) is 11.3 Å². The van der Waals surface area contributed by atoms with Crippen molar-refractivity contribution in [3.05, 3.63) is 54.7 Å². The van der Waals surface area contributed by atoms with Gasteiger partial charge in [0.2, 0.25) is 0 Å². The summed E-state index contributed by atoms with van der Waals surface area (Å²) in [6.07, 6.45) is 4.48. The minimum absolute atomic E-state index is 0.266. The Bertz CT molecular complexity index is 1060. The normalized spacial score (nSPS) is 10.8. The van der Waals surface area contributed by atoms with E-state index in [9.17, 15) is 4.79 Å². The summed E-state index contributed by atoms with van der Waals surface area (Å²) in [5, 5.41) is 7.36. The topological polar surface area (TPSA) is 94.8 Å². The Balaban J connectivity index is 1.56. The van der Waals surface area contributed by atoms with Crippen molar-refractivity contribution in [2.75, 3.05) is 11.9 Å². The van der Waals surface area contributed by atoms with Crippen LogP contribution in [-0.2, 0) is 0 Å². The van der Waals surface area contributed by atoms with Crippen molar-refractivity contribution in [1.82, 2.24) is 24.7 Å². The number of aromatic nitrogens is 5. The predicted octanol–water partition coefficient (Wildman–Crippen LogP) is 2.92. The van der Waals surface area contributed by atoms with Gasteiger partial charge >= 0.3 is 0 Å². The Morgan fingerprint density at radius 2 is 2.23 bits per heavy atom. The van der Waals surface area contributed by atoms with Crippen molar-refractivity contribution in [2.45, 2.75) is 6.92 Å². The van der Waals surface area contributed by atoms with Crippen LogP contribution in [0.1, 0.15) is 17.3 Å². The number of nitrogens with zero attached hydrogens (tertiary/aromatic N) is 5. The number of benzene rings is 1. The van der Waals surface area contributed by atoms with Crippen molar-refractivity contribution in [2.24, 2.45) is 0 Å². The standard InChI is InChI=1S/C17H14N6O2S/c1-2-25-12-3-4-13-14(8-12)26-17(21-13)22-16(24)11-5-6-19-15(7-11)23-10-18-9-20-23/h3-10H,2H2,1H3,(H,21,22,24). The van der Waals surface area contributed by atoms with Crippen LogP contribution in [0.15, 0.2) is 49.2 Å². The lowest BCUT2D eigenvalue weighted by molar-refractivity contribution is 0.102. The molecular weight excluding hydrogens is 352 g/mol. The number of rotatable bonds is 5. The summed E-state index contributed by atoms with van der Waals surface area (Å²) >= 11 is 1.40. The monoisotopic (exact) mass is 366 g/mol. The molecule has 0 unspecified atom stereocenters. The molecule has 0 radical (unpaired) electrons. The molecule has 1 aromatic carbocycles. The molecule has 26 heavy (non-hydrogen) atoms. The van der Waals surface area contributed by atoms with Gasteiger partial charge in [-0.3, -0.25) is 10.1 Å². The van der Waals surface area contributed by atoms with Gasteiger partial charge in [-0.05, 0) is 37.3 Å². The summed E-state index contributed by atoms with van der Waals surface area (Å²) in [6, 6.07) is 8.94. The van der Waals surface area contributed by atoms with Crippen LogP contribution in [0.25, 0.3) is 16.0 Å². The van der Waals surface area contributed by atoms with Gasteiger partial charge in [0.25, 0.3) is 5.91 Å². The molecule has 9 heteroatoms. The van der Waals surface area contributed by atoms with E-state index in [2.05, 4.69) is 25.4 Å². The fourth-order valence-corrected chi connectivity index (χ4v) is 3.28. The third kappa shape index (κ3) is 3.24. The lowest BCUT2D eigenvalue weighted by Crippen LogP contribution is -2.12. The van der Waals surface area contributed by atoms with Gasteiger partial charge in [0, 0.05) is 11.8 Å². The second-order valence-corrected chi connectivity index (χ2v) is 6.31. The first-order chi connectivity index (χ1) is 12.7. The summed E-state index contributed by atoms with van der Waals surface area (Å²) in [6.45, 7) is 2.54. The summed E-state index contributed by atoms with van der Waals surface area (Å²) in [7, 11) is 0. The molecule has 8 nitrogen and oxygen atoms in total. The largest absolute Gasteiger partial charge is 0.494 e. The number of hydrogen-bond donors (Lipinski definition) is 1. The first kappa shape index (κ1) is 16.2. The van der Waals surface area contributed by atoms with E-state index in [1.807, 2.05) is 25.1 Å². The Kier molecular flexibility index (Phi) is 4.28. The fraction of sp³-hybridized carbons (Fsp3) is 0.118. The van der Waals surface area contributed by atoms with Crippen molar-refractivity contribution >= 4 is 32.6 Å². The van der Waals surface area contributed by atoms with E-state index in [-0.39, 0.29) is 5.91 Å². The van der Waals surface area contributed by atoms with E-state index >= 15 is 0 Å². The minimum Gasteiger partial charge on any atom is -0.494 e. The third-order valence-corrected chi connectivity index (χ3v) is 4.49. The van der Waals surface area contributed by atoms with E-state index in [1.54, 1.807) is 18.3 Å². The van der Waals surface area contributed by atoms with Crippen LogP contribution >= 0.6 is 11.3 Å². The first-order valence-corrected chi connectivity index (χ1v) is 8.70. The molecule has 3 aromatic heterocycles. The highest BCUT2D eigenvalue weighted by Gasteiger charge is 2.12. The zero-order valence-corrected chi connectivity index (χ0v) is 14.6. The molecule has 4 aromatic rings. The summed E-state index contributed by atoms with van der Waals surface area (Å²) in [5.41, 5.74) is 1.27. The molecule has 0 spiro atoms. The number of amides is 1. The summed E-state index contributed by atoms with van der Waals surface area (Å²) in [5.74, 6) is 1.03. The van der Waals surface area contributed by atoms with Crippen molar-refractivity contribution < 1.29 is 9.53 Å². The van der Waals surface area contributed by atoms with Crippen LogP contribution in [0.4, 0.5) is 5.13 Å². The van der Waals surface area contributed by atoms with Crippen LogP contribution in [0.2, 0.25) is 0 Å². The molecule has 0 fully saturated rings. The number of carbonyl (C=O) groups is 1. The number of carbonyl (C=O) groups excluding carboxylic acids is 1. The van der Waals surface area contributed by atoms with Crippen molar-refractivity contribution in [3.8, 4) is 11.6 Å².